The molecule has 0 aliphatic heterocycles. The maximum Gasteiger partial charge on any atom is 0.347 e. The molecular weight excluding hydrogens is 170 g/mol. The summed E-state index contributed by atoms with van der Waals surface area (Å²) in [4.78, 5) is 23.2. The molecule has 1 saturated carbocycles. The zero-order valence-electron chi connectivity index (χ0n) is 7.86. The van der Waals surface area contributed by atoms with Crippen LogP contribution in [0.15, 0.2) is 9.59 Å². The summed E-state index contributed by atoms with van der Waals surface area (Å²) in [7, 11) is 1.63. The van der Waals surface area contributed by atoms with E-state index >= 15 is 0 Å². The van der Waals surface area contributed by atoms with Gasteiger partial charge in [-0.05, 0) is 19.8 Å². The molecule has 1 aliphatic rings. The summed E-state index contributed by atoms with van der Waals surface area (Å²) in [6, 6.07) is 0.166. The molecule has 0 N–H and O–H groups in total. The van der Waals surface area contributed by atoms with Crippen LogP contribution in [0.25, 0.3) is 0 Å². The van der Waals surface area contributed by atoms with Crippen molar-refractivity contribution in [3.05, 3.63) is 21.0 Å². The fourth-order valence-electron chi connectivity index (χ4n) is 1.59. The maximum absolute atomic E-state index is 11.6. The SMILES string of the molecule is CCn1c(=O)n(C2CC2)c(=O)n1C. The maximum atomic E-state index is 11.6. The molecule has 2 rings (SSSR count). The van der Waals surface area contributed by atoms with Gasteiger partial charge in [-0.3, -0.25) is 0 Å². The van der Waals surface area contributed by atoms with E-state index in [2.05, 4.69) is 0 Å². The van der Waals surface area contributed by atoms with Crippen LogP contribution in [0.3, 0.4) is 0 Å². The summed E-state index contributed by atoms with van der Waals surface area (Å²) >= 11 is 0. The van der Waals surface area contributed by atoms with E-state index in [0.29, 0.717) is 6.54 Å². The molecule has 0 atom stereocenters. The number of nitrogens with zero attached hydrogens (tertiary/aromatic N) is 3. The lowest BCUT2D eigenvalue weighted by Crippen LogP contribution is -2.27. The summed E-state index contributed by atoms with van der Waals surface area (Å²) in [6.45, 7) is 2.41. The lowest BCUT2D eigenvalue weighted by atomic mass is 10.7. The Morgan fingerprint density at radius 1 is 1.31 bits per heavy atom. The highest BCUT2D eigenvalue weighted by atomic mass is 16.2. The van der Waals surface area contributed by atoms with Gasteiger partial charge in [-0.2, -0.15) is 0 Å². The molecule has 1 aromatic heterocycles. The van der Waals surface area contributed by atoms with E-state index in [1.807, 2.05) is 6.92 Å². The number of hydrogen-bond acceptors (Lipinski definition) is 2. The first kappa shape index (κ1) is 8.34. The standard InChI is InChI=1S/C8H13N3O2/c1-3-10-8(13)11(6-4-5-6)7(12)9(10)2/h6H,3-5H2,1-2H3. The Bertz CT molecular complexity index is 433. The molecule has 0 aromatic carbocycles. The molecular formula is C8H13N3O2. The fraction of sp³-hybridized carbons (Fsp3) is 0.750. The number of aromatic nitrogens is 3. The Balaban J connectivity index is 2.69. The molecule has 0 bridgehead atoms. The van der Waals surface area contributed by atoms with Crippen molar-refractivity contribution in [2.75, 3.05) is 0 Å². The van der Waals surface area contributed by atoms with Gasteiger partial charge in [-0.25, -0.2) is 23.5 Å². The first-order chi connectivity index (χ1) is 6.16. The van der Waals surface area contributed by atoms with Crippen LogP contribution in [0.4, 0.5) is 0 Å². The smallest absolute Gasteiger partial charge is 0.246 e. The third kappa shape index (κ3) is 1.07. The van der Waals surface area contributed by atoms with Gasteiger partial charge in [0.2, 0.25) is 0 Å². The molecule has 5 heteroatoms. The van der Waals surface area contributed by atoms with E-state index in [-0.39, 0.29) is 17.4 Å². The van der Waals surface area contributed by atoms with E-state index < -0.39 is 0 Å². The van der Waals surface area contributed by atoms with Gasteiger partial charge in [0, 0.05) is 19.6 Å². The topological polar surface area (TPSA) is 48.9 Å². The highest BCUT2D eigenvalue weighted by Crippen LogP contribution is 2.31. The molecule has 0 unspecified atom stereocenters. The van der Waals surface area contributed by atoms with E-state index in [1.165, 1.54) is 13.9 Å². The highest BCUT2D eigenvalue weighted by Gasteiger charge is 2.29. The zero-order chi connectivity index (χ0) is 9.59. The van der Waals surface area contributed by atoms with Gasteiger partial charge < -0.3 is 0 Å². The lowest BCUT2D eigenvalue weighted by molar-refractivity contribution is 0.508. The second-order valence-electron chi connectivity index (χ2n) is 3.41. The average Bonchev–Trinajstić information content (AvgIpc) is 2.86. The molecule has 1 heterocycles. The van der Waals surface area contributed by atoms with Crippen molar-refractivity contribution in [3.8, 4) is 0 Å². The summed E-state index contributed by atoms with van der Waals surface area (Å²) in [6.07, 6.45) is 1.92. The number of hydrogen-bond donors (Lipinski definition) is 0. The van der Waals surface area contributed by atoms with Gasteiger partial charge in [-0.15, -0.1) is 0 Å². The predicted molar refractivity (Wildman–Crippen MR) is 47.9 cm³/mol. The van der Waals surface area contributed by atoms with Gasteiger partial charge in [0.1, 0.15) is 0 Å². The lowest BCUT2D eigenvalue weighted by Gasteiger charge is -1.97. The van der Waals surface area contributed by atoms with Crippen LogP contribution in [0.1, 0.15) is 25.8 Å². The molecule has 0 spiro atoms. The third-order valence-electron chi connectivity index (χ3n) is 2.48. The Morgan fingerprint density at radius 2 is 1.92 bits per heavy atom. The summed E-state index contributed by atoms with van der Waals surface area (Å²) < 4.78 is 4.21. The van der Waals surface area contributed by atoms with Crippen molar-refractivity contribution in [1.29, 1.82) is 0 Å². The van der Waals surface area contributed by atoms with Crippen LogP contribution >= 0.6 is 0 Å². The van der Waals surface area contributed by atoms with Gasteiger partial charge in [-0.1, -0.05) is 0 Å². The van der Waals surface area contributed by atoms with E-state index in [0.717, 1.165) is 12.8 Å². The number of rotatable bonds is 2. The summed E-state index contributed by atoms with van der Waals surface area (Å²) in [5, 5.41) is 0. The van der Waals surface area contributed by atoms with Gasteiger partial charge in [0.05, 0.1) is 0 Å². The molecule has 72 valence electrons. The van der Waals surface area contributed by atoms with Crippen LogP contribution < -0.4 is 11.4 Å². The molecule has 0 radical (unpaired) electrons. The third-order valence-corrected chi connectivity index (χ3v) is 2.48. The van der Waals surface area contributed by atoms with Gasteiger partial charge >= 0.3 is 11.4 Å². The molecule has 13 heavy (non-hydrogen) atoms. The molecule has 1 fully saturated rings. The molecule has 1 aliphatic carbocycles. The predicted octanol–water partition coefficient (Wildman–Crippen LogP) is -0.297. The van der Waals surface area contributed by atoms with E-state index in [9.17, 15) is 9.59 Å². The quantitative estimate of drug-likeness (QED) is 0.632. The Hall–Kier alpha value is -1.26. The fourth-order valence-corrected chi connectivity index (χ4v) is 1.59. The van der Waals surface area contributed by atoms with Crippen molar-refractivity contribution in [1.82, 2.24) is 13.9 Å². The average molecular weight is 183 g/mol. The minimum absolute atomic E-state index is 0.166. The summed E-state index contributed by atoms with van der Waals surface area (Å²) in [5.41, 5.74) is -0.355. The van der Waals surface area contributed by atoms with Crippen molar-refractivity contribution in [2.45, 2.75) is 32.4 Å². The largest absolute Gasteiger partial charge is 0.347 e. The van der Waals surface area contributed by atoms with Crippen molar-refractivity contribution in [3.63, 3.8) is 0 Å². The van der Waals surface area contributed by atoms with Crippen LogP contribution in [0.2, 0.25) is 0 Å². The zero-order valence-corrected chi connectivity index (χ0v) is 7.86. The second kappa shape index (κ2) is 2.61. The normalized spacial score (nSPS) is 16.5. The van der Waals surface area contributed by atoms with Crippen molar-refractivity contribution >= 4 is 0 Å². The Morgan fingerprint density at radius 3 is 2.31 bits per heavy atom. The molecule has 0 saturated heterocycles. The van der Waals surface area contributed by atoms with Crippen LogP contribution in [-0.4, -0.2) is 13.9 Å². The second-order valence-corrected chi connectivity index (χ2v) is 3.41. The van der Waals surface area contributed by atoms with Crippen LogP contribution in [0.5, 0.6) is 0 Å². The molecule has 5 nitrogen and oxygen atoms in total. The Labute approximate surface area is 75.2 Å². The van der Waals surface area contributed by atoms with E-state index in [4.69, 9.17) is 0 Å². The minimum Gasteiger partial charge on any atom is -0.246 e. The first-order valence-corrected chi connectivity index (χ1v) is 4.55. The first-order valence-electron chi connectivity index (χ1n) is 4.55. The molecule has 0 amide bonds. The monoisotopic (exact) mass is 183 g/mol. The minimum atomic E-state index is -0.186. The van der Waals surface area contributed by atoms with Gasteiger partial charge in [0.25, 0.3) is 0 Å². The van der Waals surface area contributed by atoms with Crippen molar-refractivity contribution < 1.29 is 0 Å². The Kier molecular flexibility index (Phi) is 1.68. The van der Waals surface area contributed by atoms with Crippen LogP contribution in [-0.2, 0) is 13.6 Å². The van der Waals surface area contributed by atoms with E-state index in [1.54, 1.807) is 7.05 Å². The molecule has 1 aromatic rings. The summed E-state index contributed by atoms with van der Waals surface area (Å²) in [5.74, 6) is 0. The van der Waals surface area contributed by atoms with Gasteiger partial charge in [0.15, 0.2) is 0 Å². The van der Waals surface area contributed by atoms with Crippen LogP contribution in [0, 0.1) is 0 Å². The highest BCUT2D eigenvalue weighted by molar-refractivity contribution is 4.86. The van der Waals surface area contributed by atoms with Crippen molar-refractivity contribution in [2.24, 2.45) is 7.05 Å².